The Morgan fingerprint density at radius 3 is 2.50 bits per heavy atom. The number of rotatable bonds is 5. The van der Waals surface area contributed by atoms with Gasteiger partial charge in [0.1, 0.15) is 5.03 Å². The van der Waals surface area contributed by atoms with Gasteiger partial charge in [-0.25, -0.2) is 0 Å². The number of hydrogen-bond donors (Lipinski definition) is 1. The van der Waals surface area contributed by atoms with Gasteiger partial charge in [0.2, 0.25) is 5.91 Å². The molecule has 1 amide bonds. The second-order valence-electron chi connectivity index (χ2n) is 5.85. The van der Waals surface area contributed by atoms with Crippen LogP contribution in [0.1, 0.15) is 11.1 Å². The Labute approximate surface area is 162 Å². The summed E-state index contributed by atoms with van der Waals surface area (Å²) in [5.41, 5.74) is 4.80. The predicted octanol–water partition coefficient (Wildman–Crippen LogP) is 5.14. The van der Waals surface area contributed by atoms with Gasteiger partial charge in [-0.1, -0.05) is 47.6 Å². The number of carbonyl (C=O) groups excluding carboxylic acids is 1. The molecule has 0 bridgehead atoms. The number of thioether (sulfide) groups is 1. The Morgan fingerprint density at radius 1 is 1.04 bits per heavy atom. The Bertz CT molecular complexity index is 911. The number of nitrogens with zero attached hydrogens (tertiary/aromatic N) is 2. The predicted molar refractivity (Wildman–Crippen MR) is 108 cm³/mol. The molecule has 0 spiro atoms. The van der Waals surface area contributed by atoms with Crippen molar-refractivity contribution in [2.45, 2.75) is 18.9 Å². The van der Waals surface area contributed by atoms with Gasteiger partial charge in [0.05, 0.1) is 11.4 Å². The lowest BCUT2D eigenvalue weighted by Crippen LogP contribution is -2.15. The second-order valence-corrected chi connectivity index (χ2v) is 7.28. The van der Waals surface area contributed by atoms with Crippen molar-refractivity contribution in [3.05, 3.63) is 70.7 Å². The molecule has 0 unspecified atom stereocenters. The molecule has 3 aromatic rings. The van der Waals surface area contributed by atoms with Gasteiger partial charge in [-0.3, -0.25) is 4.79 Å². The fourth-order valence-corrected chi connectivity index (χ4v) is 3.12. The van der Waals surface area contributed by atoms with Crippen molar-refractivity contribution in [3.63, 3.8) is 0 Å². The summed E-state index contributed by atoms with van der Waals surface area (Å²) in [6.45, 7) is 4.02. The van der Waals surface area contributed by atoms with Crippen LogP contribution in [0.15, 0.2) is 59.6 Å². The van der Waals surface area contributed by atoms with E-state index in [0.717, 1.165) is 28.1 Å². The van der Waals surface area contributed by atoms with Crippen LogP contribution in [0.5, 0.6) is 0 Å². The zero-order chi connectivity index (χ0) is 18.5. The third kappa shape index (κ3) is 4.62. The van der Waals surface area contributed by atoms with Crippen molar-refractivity contribution < 1.29 is 4.79 Å². The van der Waals surface area contributed by atoms with Gasteiger partial charge in [0.15, 0.2) is 0 Å². The van der Waals surface area contributed by atoms with E-state index in [4.69, 9.17) is 11.6 Å². The molecule has 0 aliphatic carbocycles. The average Bonchev–Trinajstić information content (AvgIpc) is 2.65. The Balaban J connectivity index is 1.58. The van der Waals surface area contributed by atoms with Crippen LogP contribution in [0.2, 0.25) is 5.02 Å². The van der Waals surface area contributed by atoms with Gasteiger partial charge in [0.25, 0.3) is 0 Å². The molecule has 2 aromatic carbocycles. The molecule has 0 atom stereocenters. The number of hydrogen-bond acceptors (Lipinski definition) is 4. The topological polar surface area (TPSA) is 54.9 Å². The lowest BCUT2D eigenvalue weighted by atomic mass is 10.1. The highest BCUT2D eigenvalue weighted by Gasteiger charge is 2.08. The van der Waals surface area contributed by atoms with E-state index in [-0.39, 0.29) is 11.7 Å². The van der Waals surface area contributed by atoms with Crippen molar-refractivity contribution in [1.29, 1.82) is 0 Å². The molecule has 4 nitrogen and oxygen atoms in total. The van der Waals surface area contributed by atoms with Gasteiger partial charge in [-0.15, -0.1) is 10.2 Å². The number of anilines is 1. The molecule has 6 heteroatoms. The summed E-state index contributed by atoms with van der Waals surface area (Å²) in [5.74, 6) is 0.217. The number of nitrogens with one attached hydrogen (secondary N) is 1. The standard InChI is InChI=1S/C20H18ClN3OS/c1-13-4-3-5-17(14(13)2)22-19(25)12-26-20-11-10-18(23-24-20)15-6-8-16(21)9-7-15/h3-11H,12H2,1-2H3,(H,22,25). The highest BCUT2D eigenvalue weighted by atomic mass is 35.5. The van der Waals surface area contributed by atoms with Crippen LogP contribution in [0.25, 0.3) is 11.3 Å². The van der Waals surface area contributed by atoms with Crippen molar-refractivity contribution in [3.8, 4) is 11.3 Å². The molecule has 26 heavy (non-hydrogen) atoms. The molecular weight excluding hydrogens is 366 g/mol. The minimum absolute atomic E-state index is 0.0627. The summed E-state index contributed by atoms with van der Waals surface area (Å²) in [6, 6.07) is 17.1. The van der Waals surface area contributed by atoms with Gasteiger partial charge in [0, 0.05) is 16.3 Å². The summed E-state index contributed by atoms with van der Waals surface area (Å²) in [7, 11) is 0. The SMILES string of the molecule is Cc1cccc(NC(=O)CSc2ccc(-c3ccc(Cl)cc3)nn2)c1C. The Morgan fingerprint density at radius 2 is 1.81 bits per heavy atom. The summed E-state index contributed by atoms with van der Waals surface area (Å²) in [5, 5.41) is 12.7. The normalized spacial score (nSPS) is 10.6. The number of aryl methyl sites for hydroxylation is 1. The van der Waals surface area contributed by atoms with Crippen molar-refractivity contribution in [2.75, 3.05) is 11.1 Å². The van der Waals surface area contributed by atoms with Crippen LogP contribution in [0.4, 0.5) is 5.69 Å². The Kier molecular flexibility index (Phi) is 5.91. The molecule has 1 N–H and O–H groups in total. The van der Waals surface area contributed by atoms with E-state index in [1.165, 1.54) is 11.8 Å². The number of benzene rings is 2. The monoisotopic (exact) mass is 383 g/mol. The molecule has 132 valence electrons. The molecule has 1 aromatic heterocycles. The number of carbonyl (C=O) groups is 1. The van der Waals surface area contributed by atoms with Crippen LogP contribution in [0, 0.1) is 13.8 Å². The highest BCUT2D eigenvalue weighted by molar-refractivity contribution is 7.99. The molecule has 0 radical (unpaired) electrons. The lowest BCUT2D eigenvalue weighted by Gasteiger charge is -2.10. The van der Waals surface area contributed by atoms with Gasteiger partial charge < -0.3 is 5.32 Å². The number of amides is 1. The lowest BCUT2D eigenvalue weighted by molar-refractivity contribution is -0.113. The first-order chi connectivity index (χ1) is 12.5. The van der Waals surface area contributed by atoms with Gasteiger partial charge in [-0.05, 0) is 55.3 Å². The van der Waals surface area contributed by atoms with Crippen molar-refractivity contribution in [1.82, 2.24) is 10.2 Å². The second kappa shape index (κ2) is 8.34. The van der Waals surface area contributed by atoms with Crippen LogP contribution in [-0.4, -0.2) is 21.9 Å². The number of aromatic nitrogens is 2. The van der Waals surface area contributed by atoms with E-state index >= 15 is 0 Å². The minimum Gasteiger partial charge on any atom is -0.325 e. The first-order valence-corrected chi connectivity index (χ1v) is 9.48. The van der Waals surface area contributed by atoms with E-state index in [2.05, 4.69) is 15.5 Å². The summed E-state index contributed by atoms with van der Waals surface area (Å²) in [6.07, 6.45) is 0. The largest absolute Gasteiger partial charge is 0.325 e. The molecule has 0 saturated heterocycles. The smallest absolute Gasteiger partial charge is 0.234 e. The third-order valence-corrected chi connectivity index (χ3v) is 5.18. The fraction of sp³-hybridized carbons (Fsp3) is 0.150. The quantitative estimate of drug-likeness (QED) is 0.619. The van der Waals surface area contributed by atoms with Crippen LogP contribution >= 0.6 is 23.4 Å². The van der Waals surface area contributed by atoms with Crippen molar-refractivity contribution in [2.24, 2.45) is 0 Å². The minimum atomic E-state index is -0.0627. The van der Waals surface area contributed by atoms with E-state index < -0.39 is 0 Å². The van der Waals surface area contributed by atoms with Crippen LogP contribution in [-0.2, 0) is 4.79 Å². The zero-order valence-corrected chi connectivity index (χ0v) is 16.1. The summed E-state index contributed by atoms with van der Waals surface area (Å²) in [4.78, 5) is 12.2. The molecular formula is C20H18ClN3OS. The third-order valence-electron chi connectivity index (χ3n) is 4.01. The van der Waals surface area contributed by atoms with Gasteiger partial charge >= 0.3 is 0 Å². The molecule has 0 aliphatic rings. The number of halogens is 1. The highest BCUT2D eigenvalue weighted by Crippen LogP contribution is 2.22. The molecule has 0 saturated carbocycles. The maximum absolute atomic E-state index is 12.2. The maximum atomic E-state index is 12.2. The van der Waals surface area contributed by atoms with Gasteiger partial charge in [-0.2, -0.15) is 0 Å². The molecule has 3 rings (SSSR count). The average molecular weight is 384 g/mol. The maximum Gasteiger partial charge on any atom is 0.234 e. The van der Waals surface area contributed by atoms with Crippen LogP contribution < -0.4 is 5.32 Å². The van der Waals surface area contributed by atoms with Crippen molar-refractivity contribution >= 4 is 35.0 Å². The first kappa shape index (κ1) is 18.4. The molecule has 0 fully saturated rings. The van der Waals surface area contributed by atoms with Crippen LogP contribution in [0.3, 0.4) is 0 Å². The first-order valence-electron chi connectivity index (χ1n) is 8.11. The summed E-state index contributed by atoms with van der Waals surface area (Å²) < 4.78 is 0. The van der Waals surface area contributed by atoms with E-state index in [0.29, 0.717) is 10.0 Å². The van der Waals surface area contributed by atoms with E-state index in [9.17, 15) is 4.79 Å². The van der Waals surface area contributed by atoms with E-state index in [1.807, 2.05) is 68.4 Å². The summed E-state index contributed by atoms with van der Waals surface area (Å²) >= 11 is 7.25. The fourth-order valence-electron chi connectivity index (χ4n) is 2.38. The molecule has 1 heterocycles. The molecule has 0 aliphatic heterocycles. The zero-order valence-electron chi connectivity index (χ0n) is 14.5. The Hall–Kier alpha value is -2.37. The van der Waals surface area contributed by atoms with E-state index in [1.54, 1.807) is 0 Å².